The number of benzene rings is 2. The van der Waals surface area contributed by atoms with Crippen molar-refractivity contribution < 1.29 is 14.7 Å². The molecule has 2 aromatic carbocycles. The van der Waals surface area contributed by atoms with Crippen LogP contribution in [0.4, 0.5) is 10.7 Å². The molecule has 1 aliphatic carbocycles. The third-order valence-corrected chi connectivity index (χ3v) is 5.40. The Kier molecular flexibility index (Phi) is 5.83. The third-order valence-electron chi connectivity index (χ3n) is 5.16. The summed E-state index contributed by atoms with van der Waals surface area (Å²) >= 11 is 6.06. The first-order valence-corrected chi connectivity index (χ1v) is 9.99. The van der Waals surface area contributed by atoms with Crippen LogP contribution in [-0.2, 0) is 12.8 Å². The van der Waals surface area contributed by atoms with E-state index in [0.717, 1.165) is 41.6 Å². The zero-order chi connectivity index (χ0) is 21.1. The van der Waals surface area contributed by atoms with Crippen LogP contribution in [0.3, 0.4) is 0 Å². The maximum atomic E-state index is 11.2. The van der Waals surface area contributed by atoms with E-state index in [1.165, 1.54) is 11.0 Å². The van der Waals surface area contributed by atoms with Crippen LogP contribution in [0.15, 0.2) is 48.7 Å². The summed E-state index contributed by atoms with van der Waals surface area (Å²) in [7, 11) is 0. The van der Waals surface area contributed by atoms with Gasteiger partial charge in [0.2, 0.25) is 5.95 Å². The molecule has 7 nitrogen and oxygen atoms in total. The van der Waals surface area contributed by atoms with Gasteiger partial charge in [-0.3, -0.25) is 5.21 Å². The summed E-state index contributed by atoms with van der Waals surface area (Å²) in [5.74, 6) is 0.958. The predicted molar refractivity (Wildman–Crippen MR) is 114 cm³/mol. The Bertz CT molecular complexity index is 1090. The predicted octanol–water partition coefficient (Wildman–Crippen LogP) is 4.55. The van der Waals surface area contributed by atoms with Crippen molar-refractivity contribution in [1.29, 1.82) is 0 Å². The normalized spacial score (nSPS) is 15.2. The van der Waals surface area contributed by atoms with Crippen molar-refractivity contribution >= 4 is 23.6 Å². The average Bonchev–Trinajstić information content (AvgIpc) is 2.73. The molecule has 1 atom stereocenters. The molecule has 3 N–H and O–H groups in total. The number of fused-ring (bicyclic) bond motifs is 1. The van der Waals surface area contributed by atoms with Crippen molar-refractivity contribution in [2.75, 3.05) is 5.32 Å². The number of carbonyl (C=O) groups excluding carboxylic acids is 1. The maximum Gasteiger partial charge on any atom is 0.436 e. The quantitative estimate of drug-likeness (QED) is 0.420. The van der Waals surface area contributed by atoms with E-state index in [1.807, 2.05) is 43.3 Å². The molecular weight excluding hydrogens is 404 g/mol. The van der Waals surface area contributed by atoms with Gasteiger partial charge in [-0.05, 0) is 73.2 Å². The van der Waals surface area contributed by atoms with Gasteiger partial charge in [0, 0.05) is 22.8 Å². The Morgan fingerprint density at radius 3 is 2.87 bits per heavy atom. The van der Waals surface area contributed by atoms with Gasteiger partial charge in [-0.15, -0.1) is 0 Å². The highest BCUT2D eigenvalue weighted by molar-refractivity contribution is 6.30. The van der Waals surface area contributed by atoms with Gasteiger partial charge < -0.3 is 10.1 Å². The molecule has 1 heterocycles. The molecule has 0 saturated carbocycles. The molecule has 1 amide bonds. The molecule has 3 aromatic rings. The summed E-state index contributed by atoms with van der Waals surface area (Å²) in [6.07, 6.45) is 3.42. The fourth-order valence-corrected chi connectivity index (χ4v) is 3.95. The van der Waals surface area contributed by atoms with Gasteiger partial charge in [0.15, 0.2) is 0 Å². The minimum atomic E-state index is -0.914. The van der Waals surface area contributed by atoms with Gasteiger partial charge in [-0.25, -0.2) is 20.2 Å². The zero-order valence-electron chi connectivity index (χ0n) is 16.4. The van der Waals surface area contributed by atoms with E-state index in [9.17, 15) is 4.79 Å². The summed E-state index contributed by atoms with van der Waals surface area (Å²) < 4.78 is 5.01. The van der Waals surface area contributed by atoms with Crippen LogP contribution in [0.5, 0.6) is 5.75 Å². The number of ether oxygens (including phenoxy) is 1. The highest BCUT2D eigenvalue weighted by Gasteiger charge is 2.20. The Balaban J connectivity index is 1.49. The van der Waals surface area contributed by atoms with Crippen LogP contribution in [0.25, 0.3) is 11.3 Å². The molecule has 0 aliphatic heterocycles. The Labute approximate surface area is 179 Å². The first-order chi connectivity index (χ1) is 14.5. The molecule has 1 unspecified atom stereocenters. The number of anilines is 1. The zero-order valence-corrected chi connectivity index (χ0v) is 17.1. The lowest BCUT2D eigenvalue weighted by Crippen LogP contribution is -2.28. The van der Waals surface area contributed by atoms with Gasteiger partial charge in [0.1, 0.15) is 5.75 Å². The number of halogens is 1. The highest BCUT2D eigenvalue weighted by atomic mass is 35.5. The van der Waals surface area contributed by atoms with E-state index in [0.29, 0.717) is 16.7 Å². The van der Waals surface area contributed by atoms with E-state index in [-0.39, 0.29) is 6.04 Å². The molecule has 4 rings (SSSR count). The van der Waals surface area contributed by atoms with Gasteiger partial charge in [0.25, 0.3) is 0 Å². The molecule has 0 saturated heterocycles. The molecule has 0 radical (unpaired) electrons. The number of carbonyl (C=O) groups is 1. The number of aryl methyl sites for hydroxylation is 2. The summed E-state index contributed by atoms with van der Waals surface area (Å²) in [6.45, 7) is 2.01. The summed E-state index contributed by atoms with van der Waals surface area (Å²) in [6, 6.07) is 13.3. The molecule has 1 aromatic heterocycles. The van der Waals surface area contributed by atoms with E-state index >= 15 is 0 Å². The number of nitrogens with zero attached hydrogens (tertiary/aromatic N) is 2. The lowest BCUT2D eigenvalue weighted by Gasteiger charge is -2.26. The van der Waals surface area contributed by atoms with Crippen LogP contribution >= 0.6 is 11.6 Å². The smallest absolute Gasteiger partial charge is 0.409 e. The van der Waals surface area contributed by atoms with Crippen LogP contribution in [0.2, 0.25) is 5.02 Å². The molecule has 30 heavy (non-hydrogen) atoms. The molecule has 1 aliphatic rings. The third kappa shape index (κ3) is 4.53. The Morgan fingerprint density at radius 2 is 2.07 bits per heavy atom. The number of amides is 1. The van der Waals surface area contributed by atoms with Crippen LogP contribution in [0.1, 0.15) is 23.1 Å². The Morgan fingerprint density at radius 1 is 1.20 bits per heavy atom. The number of hydrogen-bond donors (Lipinski definition) is 3. The van der Waals surface area contributed by atoms with Crippen LogP contribution in [0, 0.1) is 6.92 Å². The summed E-state index contributed by atoms with van der Waals surface area (Å²) in [5.41, 5.74) is 6.68. The van der Waals surface area contributed by atoms with Crippen molar-refractivity contribution in [3.63, 3.8) is 0 Å². The summed E-state index contributed by atoms with van der Waals surface area (Å²) in [5, 5.41) is 12.7. The van der Waals surface area contributed by atoms with Crippen LogP contribution < -0.4 is 15.5 Å². The second kappa shape index (κ2) is 8.69. The van der Waals surface area contributed by atoms with Crippen molar-refractivity contribution in [1.82, 2.24) is 15.4 Å². The number of aromatic nitrogens is 2. The SMILES string of the molecule is Cc1cc(Cl)ccc1-c1ccnc(NC2CCc3ccc(OC(=O)NO)cc3C2)n1. The molecular formula is C22H21ClN4O3. The number of nitrogens with one attached hydrogen (secondary N) is 2. The number of hydrogen-bond acceptors (Lipinski definition) is 6. The summed E-state index contributed by atoms with van der Waals surface area (Å²) in [4.78, 5) is 20.3. The Hall–Kier alpha value is -3.16. The van der Waals surface area contributed by atoms with Gasteiger partial charge in [-0.2, -0.15) is 0 Å². The first-order valence-electron chi connectivity index (χ1n) is 9.61. The van der Waals surface area contributed by atoms with Gasteiger partial charge in [0.05, 0.1) is 5.69 Å². The van der Waals surface area contributed by atoms with Gasteiger partial charge >= 0.3 is 6.09 Å². The van der Waals surface area contributed by atoms with E-state index in [1.54, 1.807) is 12.3 Å². The standard InChI is InChI=1S/C22H21ClN4O3/c1-13-10-16(23)4-7-19(13)20-8-9-24-21(26-20)25-17-5-2-14-3-6-18(12-15(14)11-17)30-22(28)27-29/h3-4,6-10,12,17,29H,2,5,11H2,1H3,(H,27,28)(H,24,25,26). The molecule has 154 valence electrons. The van der Waals surface area contributed by atoms with Crippen molar-refractivity contribution in [2.24, 2.45) is 0 Å². The van der Waals surface area contributed by atoms with E-state index < -0.39 is 6.09 Å². The molecule has 0 spiro atoms. The molecule has 0 bridgehead atoms. The number of hydroxylamine groups is 1. The first kappa shape index (κ1) is 20.1. The minimum Gasteiger partial charge on any atom is -0.409 e. The topological polar surface area (TPSA) is 96.4 Å². The minimum absolute atomic E-state index is 0.154. The van der Waals surface area contributed by atoms with Gasteiger partial charge in [-0.1, -0.05) is 23.7 Å². The van der Waals surface area contributed by atoms with Crippen molar-refractivity contribution in [3.8, 4) is 17.0 Å². The average molecular weight is 425 g/mol. The largest absolute Gasteiger partial charge is 0.436 e. The highest BCUT2D eigenvalue weighted by Crippen LogP contribution is 2.28. The maximum absolute atomic E-state index is 11.2. The lowest BCUT2D eigenvalue weighted by molar-refractivity contribution is 0.127. The second-order valence-corrected chi connectivity index (χ2v) is 7.68. The number of rotatable bonds is 4. The van der Waals surface area contributed by atoms with Crippen molar-refractivity contribution in [2.45, 2.75) is 32.2 Å². The second-order valence-electron chi connectivity index (χ2n) is 7.24. The molecule has 0 fully saturated rings. The fraction of sp³-hybridized carbons (Fsp3) is 0.227. The fourth-order valence-electron chi connectivity index (χ4n) is 3.73. The monoisotopic (exact) mass is 424 g/mol. The van der Waals surface area contributed by atoms with E-state index in [4.69, 9.17) is 21.5 Å². The molecule has 8 heteroatoms. The lowest BCUT2D eigenvalue weighted by atomic mass is 9.88. The van der Waals surface area contributed by atoms with Crippen molar-refractivity contribution in [3.05, 3.63) is 70.4 Å². The van der Waals surface area contributed by atoms with E-state index in [2.05, 4.69) is 15.3 Å². The van der Waals surface area contributed by atoms with Crippen LogP contribution in [-0.4, -0.2) is 27.3 Å².